The van der Waals surface area contributed by atoms with E-state index in [9.17, 15) is 9.59 Å². The molecule has 0 saturated heterocycles. The van der Waals surface area contributed by atoms with Crippen LogP contribution in [0.5, 0.6) is 5.75 Å². The fraction of sp³-hybridized carbons (Fsp3) is 0.176. The van der Waals surface area contributed by atoms with Crippen LogP contribution in [0.15, 0.2) is 42.5 Å². The van der Waals surface area contributed by atoms with Gasteiger partial charge in [0.2, 0.25) is 0 Å². The molecule has 2 rings (SSSR count). The Labute approximate surface area is 139 Å². The van der Waals surface area contributed by atoms with E-state index >= 15 is 0 Å². The molecule has 0 aliphatic rings. The van der Waals surface area contributed by atoms with Crippen molar-refractivity contribution < 1.29 is 14.3 Å². The fourth-order valence-corrected chi connectivity index (χ4v) is 2.20. The van der Waals surface area contributed by atoms with Crippen LogP contribution in [0, 0.1) is 0 Å². The van der Waals surface area contributed by atoms with E-state index < -0.39 is 5.91 Å². The van der Waals surface area contributed by atoms with Crippen LogP contribution in [0.25, 0.3) is 0 Å². The predicted octanol–water partition coefficient (Wildman–Crippen LogP) is 3.02. The smallest absolute Gasteiger partial charge is 0.262 e. The molecule has 3 N–H and O–H groups in total. The predicted molar refractivity (Wildman–Crippen MR) is 89.9 cm³/mol. The normalized spacial score (nSPS) is 10.2. The van der Waals surface area contributed by atoms with E-state index in [0.29, 0.717) is 10.7 Å². The van der Waals surface area contributed by atoms with E-state index in [4.69, 9.17) is 22.1 Å². The highest BCUT2D eigenvalue weighted by Crippen LogP contribution is 2.22. The molecule has 5 nitrogen and oxygen atoms in total. The van der Waals surface area contributed by atoms with Gasteiger partial charge in [0, 0.05) is 10.7 Å². The van der Waals surface area contributed by atoms with Crippen LogP contribution in [-0.2, 0) is 11.2 Å². The average Bonchev–Trinajstić information content (AvgIpc) is 2.53. The molecule has 0 saturated carbocycles. The fourth-order valence-electron chi connectivity index (χ4n) is 2.03. The summed E-state index contributed by atoms with van der Waals surface area (Å²) in [6.07, 6.45) is 0.882. The molecule has 2 aromatic rings. The minimum atomic E-state index is -0.668. The number of hydrogen-bond donors (Lipinski definition) is 2. The third-order valence-electron chi connectivity index (χ3n) is 3.18. The number of hydrogen-bond acceptors (Lipinski definition) is 3. The van der Waals surface area contributed by atoms with Gasteiger partial charge in [-0.2, -0.15) is 0 Å². The number of carbonyl (C=O) groups is 2. The molecule has 6 heteroatoms. The van der Waals surface area contributed by atoms with Crippen molar-refractivity contribution in [1.82, 2.24) is 0 Å². The molecule has 2 aromatic carbocycles. The molecule has 0 spiro atoms. The lowest BCUT2D eigenvalue weighted by molar-refractivity contribution is -0.118. The summed E-state index contributed by atoms with van der Waals surface area (Å²) < 4.78 is 5.37. The molecule has 0 atom stereocenters. The summed E-state index contributed by atoms with van der Waals surface area (Å²) in [7, 11) is 0. The van der Waals surface area contributed by atoms with E-state index in [1.807, 2.05) is 25.1 Å². The second-order valence-electron chi connectivity index (χ2n) is 4.90. The first kappa shape index (κ1) is 16.8. The highest BCUT2D eigenvalue weighted by Gasteiger charge is 2.12. The van der Waals surface area contributed by atoms with Gasteiger partial charge in [-0.3, -0.25) is 9.59 Å². The van der Waals surface area contributed by atoms with Crippen molar-refractivity contribution in [3.63, 3.8) is 0 Å². The summed E-state index contributed by atoms with van der Waals surface area (Å²) in [5, 5.41) is 3.11. The van der Waals surface area contributed by atoms with Crippen LogP contribution in [0.2, 0.25) is 5.02 Å². The molecule has 0 aliphatic carbocycles. The minimum Gasteiger partial charge on any atom is -0.483 e. The van der Waals surface area contributed by atoms with Crippen molar-refractivity contribution in [2.45, 2.75) is 13.3 Å². The van der Waals surface area contributed by atoms with Crippen LogP contribution < -0.4 is 15.8 Å². The van der Waals surface area contributed by atoms with Gasteiger partial charge in [0.25, 0.3) is 11.8 Å². The topological polar surface area (TPSA) is 81.4 Å². The van der Waals surface area contributed by atoms with Crippen molar-refractivity contribution >= 4 is 29.1 Å². The molecule has 120 valence electrons. The summed E-state index contributed by atoms with van der Waals surface area (Å²) >= 11 is 5.82. The number of rotatable bonds is 6. The Morgan fingerprint density at radius 2 is 2.00 bits per heavy atom. The molecule has 0 fully saturated rings. The third kappa shape index (κ3) is 4.72. The summed E-state index contributed by atoms with van der Waals surface area (Å²) in [5.74, 6) is -0.776. The molecule has 0 aromatic heterocycles. The Kier molecular flexibility index (Phi) is 5.60. The molecule has 0 aliphatic heterocycles. The maximum atomic E-state index is 12.0. The van der Waals surface area contributed by atoms with E-state index in [-0.39, 0.29) is 23.8 Å². The lowest BCUT2D eigenvalue weighted by Gasteiger charge is -2.11. The second kappa shape index (κ2) is 7.65. The van der Waals surface area contributed by atoms with E-state index in [2.05, 4.69) is 5.32 Å². The largest absolute Gasteiger partial charge is 0.483 e. The lowest BCUT2D eigenvalue weighted by Crippen LogP contribution is -2.21. The highest BCUT2D eigenvalue weighted by molar-refractivity contribution is 6.31. The van der Waals surface area contributed by atoms with Crippen molar-refractivity contribution in [2.24, 2.45) is 5.73 Å². The second-order valence-corrected chi connectivity index (χ2v) is 5.33. The molecular weight excluding hydrogens is 316 g/mol. The van der Waals surface area contributed by atoms with Crippen molar-refractivity contribution in [2.75, 3.05) is 11.9 Å². The zero-order valence-corrected chi connectivity index (χ0v) is 13.4. The number of primary amides is 1. The van der Waals surface area contributed by atoms with Gasteiger partial charge < -0.3 is 15.8 Å². The summed E-state index contributed by atoms with van der Waals surface area (Å²) in [5.41, 5.74) is 7.23. The molecule has 0 heterocycles. The summed E-state index contributed by atoms with van der Waals surface area (Å²) in [6.45, 7) is 1.80. The maximum absolute atomic E-state index is 12.0. The number of halogens is 1. The van der Waals surface area contributed by atoms with Crippen LogP contribution in [0.3, 0.4) is 0 Å². The van der Waals surface area contributed by atoms with Gasteiger partial charge in [-0.1, -0.05) is 30.7 Å². The number of nitrogens with one attached hydrogen (secondary N) is 1. The Morgan fingerprint density at radius 3 is 2.70 bits per heavy atom. The number of amides is 2. The van der Waals surface area contributed by atoms with Gasteiger partial charge in [-0.05, 0) is 42.3 Å². The van der Waals surface area contributed by atoms with Gasteiger partial charge >= 0.3 is 0 Å². The zero-order valence-electron chi connectivity index (χ0n) is 12.6. The van der Waals surface area contributed by atoms with Crippen molar-refractivity contribution in [3.05, 3.63) is 58.6 Å². The van der Waals surface area contributed by atoms with Crippen LogP contribution >= 0.6 is 11.6 Å². The van der Waals surface area contributed by atoms with Crippen LogP contribution in [-0.4, -0.2) is 18.4 Å². The van der Waals surface area contributed by atoms with Crippen molar-refractivity contribution in [1.29, 1.82) is 0 Å². The first-order valence-corrected chi connectivity index (χ1v) is 7.48. The molecule has 23 heavy (non-hydrogen) atoms. The molecule has 0 bridgehead atoms. The Morgan fingerprint density at radius 1 is 1.22 bits per heavy atom. The summed E-state index contributed by atoms with van der Waals surface area (Å²) in [4.78, 5) is 23.3. The van der Waals surface area contributed by atoms with E-state index in [1.165, 1.54) is 12.1 Å². The van der Waals surface area contributed by atoms with Crippen molar-refractivity contribution in [3.8, 4) is 5.75 Å². The first-order valence-electron chi connectivity index (χ1n) is 7.10. The summed E-state index contributed by atoms with van der Waals surface area (Å²) in [6, 6.07) is 12.0. The molecular formula is C17H17ClN2O3. The van der Waals surface area contributed by atoms with Gasteiger partial charge in [0.1, 0.15) is 5.75 Å². The molecule has 2 amide bonds. The van der Waals surface area contributed by atoms with E-state index in [0.717, 1.165) is 12.0 Å². The number of anilines is 1. The number of aryl methyl sites for hydroxylation is 1. The standard InChI is InChI=1S/C17H17ClN2O3/c1-2-11-4-3-5-13(8-11)20-16(21)10-23-15-7-6-12(18)9-14(15)17(19)22/h3-9H,2,10H2,1H3,(H2,19,22)(H,20,21). The SMILES string of the molecule is CCc1cccc(NC(=O)COc2ccc(Cl)cc2C(N)=O)c1. The highest BCUT2D eigenvalue weighted by atomic mass is 35.5. The van der Waals surface area contributed by atoms with Gasteiger partial charge in [0.05, 0.1) is 5.56 Å². The molecule has 0 unspecified atom stereocenters. The quantitative estimate of drug-likeness (QED) is 0.853. The minimum absolute atomic E-state index is 0.137. The zero-order chi connectivity index (χ0) is 16.8. The number of ether oxygens (including phenoxy) is 1. The number of nitrogens with two attached hydrogens (primary N) is 1. The molecule has 0 radical (unpaired) electrons. The van der Waals surface area contributed by atoms with Crippen LogP contribution in [0.4, 0.5) is 5.69 Å². The van der Waals surface area contributed by atoms with E-state index in [1.54, 1.807) is 12.1 Å². The average molecular weight is 333 g/mol. The maximum Gasteiger partial charge on any atom is 0.262 e. The number of benzene rings is 2. The third-order valence-corrected chi connectivity index (χ3v) is 3.42. The van der Waals surface area contributed by atoms with Gasteiger partial charge in [-0.25, -0.2) is 0 Å². The van der Waals surface area contributed by atoms with Gasteiger partial charge in [-0.15, -0.1) is 0 Å². The van der Waals surface area contributed by atoms with Gasteiger partial charge in [0.15, 0.2) is 6.61 Å². The Bertz CT molecular complexity index is 732. The Balaban J connectivity index is 2.00. The lowest BCUT2D eigenvalue weighted by atomic mass is 10.1. The monoisotopic (exact) mass is 332 g/mol. The Hall–Kier alpha value is -2.53. The van der Waals surface area contributed by atoms with Crippen LogP contribution in [0.1, 0.15) is 22.8 Å². The first-order chi connectivity index (χ1) is 11.0. The number of carbonyl (C=O) groups excluding carboxylic acids is 2.